The molecule has 134 valence electrons. The number of carbonyl (C=O) groups excluding carboxylic acids is 3. The SMILES string of the molecule is CC(C)[C@@H](C1=C(O)CC(C)(C)CC1=O)C1C(=O)CC(C)(C)CC1=O. The van der Waals surface area contributed by atoms with E-state index in [1.165, 1.54) is 0 Å². The largest absolute Gasteiger partial charge is 0.512 e. The molecule has 0 aromatic rings. The first-order chi connectivity index (χ1) is 10.8. The molecule has 4 nitrogen and oxygen atoms in total. The summed E-state index contributed by atoms with van der Waals surface area (Å²) in [5.41, 5.74) is -0.272. The van der Waals surface area contributed by atoms with Gasteiger partial charge in [0.15, 0.2) is 5.78 Å². The molecule has 1 fully saturated rings. The first-order valence-electron chi connectivity index (χ1n) is 8.85. The highest BCUT2D eigenvalue weighted by molar-refractivity contribution is 6.08. The topological polar surface area (TPSA) is 71.4 Å². The average Bonchev–Trinajstić information content (AvgIpc) is 2.31. The van der Waals surface area contributed by atoms with Crippen LogP contribution in [0.4, 0.5) is 0 Å². The van der Waals surface area contributed by atoms with Crippen LogP contribution >= 0.6 is 0 Å². The zero-order valence-corrected chi connectivity index (χ0v) is 15.7. The van der Waals surface area contributed by atoms with Gasteiger partial charge in [0, 0.05) is 37.2 Å². The summed E-state index contributed by atoms with van der Waals surface area (Å²) in [6.07, 6.45) is 1.45. The van der Waals surface area contributed by atoms with Gasteiger partial charge in [0.25, 0.3) is 0 Å². The van der Waals surface area contributed by atoms with Crippen molar-refractivity contribution in [1.29, 1.82) is 0 Å². The minimum Gasteiger partial charge on any atom is -0.512 e. The fourth-order valence-electron chi connectivity index (χ4n) is 4.37. The smallest absolute Gasteiger partial charge is 0.163 e. The molecule has 0 saturated heterocycles. The standard InChI is InChI=1S/C20H30O4/c1-11(2)16(17-12(21)7-19(3,4)8-13(17)22)18-14(23)9-20(5,6)10-15(18)24/h11,16-17,23H,7-10H2,1-6H3/t16-/m1/s1. The van der Waals surface area contributed by atoms with Crippen molar-refractivity contribution in [3.8, 4) is 0 Å². The molecule has 0 spiro atoms. The number of allylic oxidation sites excluding steroid dienone is 2. The number of rotatable bonds is 3. The number of hydrogen-bond acceptors (Lipinski definition) is 4. The second-order valence-corrected chi connectivity index (χ2v) is 9.50. The summed E-state index contributed by atoms with van der Waals surface area (Å²) >= 11 is 0. The van der Waals surface area contributed by atoms with Crippen molar-refractivity contribution in [3.05, 3.63) is 11.3 Å². The van der Waals surface area contributed by atoms with Crippen molar-refractivity contribution in [3.63, 3.8) is 0 Å². The number of aliphatic hydroxyl groups excluding tert-OH is 1. The Morgan fingerprint density at radius 3 is 1.75 bits per heavy atom. The number of Topliss-reactive ketones (excluding diaryl/α,β-unsaturated/α-hetero) is 3. The van der Waals surface area contributed by atoms with Crippen molar-refractivity contribution in [1.82, 2.24) is 0 Å². The van der Waals surface area contributed by atoms with Gasteiger partial charge in [-0.05, 0) is 16.7 Å². The van der Waals surface area contributed by atoms with Crippen LogP contribution in [0.1, 0.15) is 67.2 Å². The molecule has 0 bridgehead atoms. The van der Waals surface area contributed by atoms with Crippen molar-refractivity contribution >= 4 is 17.3 Å². The van der Waals surface area contributed by atoms with Gasteiger partial charge in [0.2, 0.25) is 0 Å². The summed E-state index contributed by atoms with van der Waals surface area (Å²) in [7, 11) is 0. The van der Waals surface area contributed by atoms with E-state index in [0.717, 1.165) is 0 Å². The van der Waals surface area contributed by atoms with Gasteiger partial charge in [-0.1, -0.05) is 41.5 Å². The van der Waals surface area contributed by atoms with Crippen LogP contribution in [0.3, 0.4) is 0 Å². The first kappa shape index (κ1) is 18.9. The van der Waals surface area contributed by atoms with Crippen LogP contribution in [0.15, 0.2) is 11.3 Å². The summed E-state index contributed by atoms with van der Waals surface area (Å²) in [5.74, 6) is -1.59. The number of ketones is 3. The first-order valence-corrected chi connectivity index (χ1v) is 8.85. The average molecular weight is 334 g/mol. The zero-order chi connectivity index (χ0) is 18.4. The Kier molecular flexibility index (Phi) is 4.82. The highest BCUT2D eigenvalue weighted by Crippen LogP contribution is 2.45. The minimum absolute atomic E-state index is 0.0635. The summed E-state index contributed by atoms with van der Waals surface area (Å²) < 4.78 is 0. The Labute approximate surface area is 144 Å². The molecular formula is C20H30O4. The summed E-state index contributed by atoms with van der Waals surface area (Å²) in [4.78, 5) is 38.1. The van der Waals surface area contributed by atoms with E-state index >= 15 is 0 Å². The van der Waals surface area contributed by atoms with Crippen LogP contribution in [0.5, 0.6) is 0 Å². The maximum atomic E-state index is 12.7. The van der Waals surface area contributed by atoms with Crippen molar-refractivity contribution in [2.24, 2.45) is 28.6 Å². The van der Waals surface area contributed by atoms with E-state index in [2.05, 4.69) is 0 Å². The Balaban J connectivity index is 2.46. The molecule has 1 saturated carbocycles. The maximum Gasteiger partial charge on any atom is 0.163 e. The molecule has 0 heterocycles. The molecular weight excluding hydrogens is 304 g/mol. The Bertz CT molecular complexity index is 587. The second-order valence-electron chi connectivity index (χ2n) is 9.50. The lowest BCUT2D eigenvalue weighted by Crippen LogP contribution is -2.45. The van der Waals surface area contributed by atoms with E-state index < -0.39 is 11.8 Å². The number of hydrogen-bond donors (Lipinski definition) is 1. The predicted octanol–water partition coefficient (Wildman–Crippen LogP) is 4.03. The van der Waals surface area contributed by atoms with E-state index in [1.54, 1.807) is 0 Å². The minimum atomic E-state index is -0.791. The molecule has 2 aliphatic carbocycles. The van der Waals surface area contributed by atoms with Crippen LogP contribution in [0.2, 0.25) is 0 Å². The lowest BCUT2D eigenvalue weighted by molar-refractivity contribution is -0.142. The van der Waals surface area contributed by atoms with Crippen LogP contribution in [0.25, 0.3) is 0 Å². The quantitative estimate of drug-likeness (QED) is 0.791. The fraction of sp³-hybridized carbons (Fsp3) is 0.750. The number of aliphatic hydroxyl groups is 1. The molecule has 1 N–H and O–H groups in total. The van der Waals surface area contributed by atoms with Crippen LogP contribution in [0, 0.1) is 28.6 Å². The van der Waals surface area contributed by atoms with Gasteiger partial charge in [0.05, 0.1) is 11.7 Å². The predicted molar refractivity (Wildman–Crippen MR) is 92.5 cm³/mol. The molecule has 24 heavy (non-hydrogen) atoms. The highest BCUT2D eigenvalue weighted by Gasteiger charge is 2.48. The normalized spacial score (nSPS) is 26.2. The lowest BCUT2D eigenvalue weighted by Gasteiger charge is -2.40. The van der Waals surface area contributed by atoms with Gasteiger partial charge in [-0.3, -0.25) is 14.4 Å². The van der Waals surface area contributed by atoms with E-state index in [-0.39, 0.29) is 39.9 Å². The molecule has 4 heteroatoms. The molecule has 0 aromatic heterocycles. The highest BCUT2D eigenvalue weighted by atomic mass is 16.3. The Morgan fingerprint density at radius 1 is 0.875 bits per heavy atom. The Morgan fingerprint density at radius 2 is 1.33 bits per heavy atom. The third-order valence-corrected chi connectivity index (χ3v) is 5.31. The lowest BCUT2D eigenvalue weighted by atomic mass is 9.61. The fourth-order valence-corrected chi connectivity index (χ4v) is 4.37. The zero-order valence-electron chi connectivity index (χ0n) is 15.7. The second kappa shape index (κ2) is 6.12. The van der Waals surface area contributed by atoms with Gasteiger partial charge in [-0.25, -0.2) is 0 Å². The van der Waals surface area contributed by atoms with E-state index in [1.807, 2.05) is 41.5 Å². The van der Waals surface area contributed by atoms with Crippen LogP contribution in [-0.2, 0) is 14.4 Å². The molecule has 0 amide bonds. The van der Waals surface area contributed by atoms with Gasteiger partial charge in [-0.2, -0.15) is 0 Å². The third-order valence-electron chi connectivity index (χ3n) is 5.31. The van der Waals surface area contributed by atoms with Crippen LogP contribution in [-0.4, -0.2) is 22.5 Å². The number of carbonyl (C=O) groups is 3. The van der Waals surface area contributed by atoms with E-state index in [9.17, 15) is 19.5 Å². The molecule has 2 rings (SSSR count). The van der Waals surface area contributed by atoms with Crippen LogP contribution < -0.4 is 0 Å². The van der Waals surface area contributed by atoms with E-state index in [0.29, 0.717) is 31.3 Å². The van der Waals surface area contributed by atoms with Crippen molar-refractivity contribution in [2.75, 3.05) is 0 Å². The summed E-state index contributed by atoms with van der Waals surface area (Å²) in [6, 6.07) is 0. The Hall–Kier alpha value is -1.45. The molecule has 0 aliphatic heterocycles. The third kappa shape index (κ3) is 3.62. The van der Waals surface area contributed by atoms with E-state index in [4.69, 9.17) is 0 Å². The van der Waals surface area contributed by atoms with Gasteiger partial charge >= 0.3 is 0 Å². The van der Waals surface area contributed by atoms with Gasteiger partial charge in [0.1, 0.15) is 11.6 Å². The van der Waals surface area contributed by atoms with Crippen molar-refractivity contribution < 1.29 is 19.5 Å². The monoisotopic (exact) mass is 334 g/mol. The summed E-state index contributed by atoms with van der Waals surface area (Å²) in [6.45, 7) is 11.6. The molecule has 0 unspecified atom stereocenters. The summed E-state index contributed by atoms with van der Waals surface area (Å²) in [5, 5.41) is 10.5. The van der Waals surface area contributed by atoms with Crippen molar-refractivity contribution in [2.45, 2.75) is 67.2 Å². The maximum absolute atomic E-state index is 12.7. The molecule has 0 aromatic carbocycles. The molecule has 0 radical (unpaired) electrons. The van der Waals surface area contributed by atoms with Gasteiger partial charge < -0.3 is 5.11 Å². The molecule has 2 aliphatic rings. The molecule has 1 atom stereocenters. The van der Waals surface area contributed by atoms with Gasteiger partial charge in [-0.15, -0.1) is 0 Å².